The standard InChI is InChI=1S/C29H34BrN3O4S/c1-5-17-31-29(35)23(4)32(19-24-7-6-8-25(30)18-24)28(34)20-33(26-13-9-21(2)10-14-26)38(36,37)27-15-11-22(3)12-16-27/h6-16,18,23H,5,17,19-20H2,1-4H3,(H,31,35)/t23-/m0/s1. The van der Waals surface area contributed by atoms with Gasteiger partial charge in [-0.3, -0.25) is 13.9 Å². The van der Waals surface area contributed by atoms with Gasteiger partial charge < -0.3 is 10.2 Å². The van der Waals surface area contributed by atoms with Gasteiger partial charge in [0, 0.05) is 17.6 Å². The van der Waals surface area contributed by atoms with Crippen LogP contribution < -0.4 is 9.62 Å². The lowest BCUT2D eigenvalue weighted by atomic mass is 10.1. The fourth-order valence-corrected chi connectivity index (χ4v) is 5.75. The van der Waals surface area contributed by atoms with E-state index in [1.807, 2.05) is 45.0 Å². The van der Waals surface area contributed by atoms with Crippen LogP contribution in [0.1, 0.15) is 37.0 Å². The van der Waals surface area contributed by atoms with Crippen LogP contribution in [0.4, 0.5) is 5.69 Å². The summed E-state index contributed by atoms with van der Waals surface area (Å²) in [5.74, 6) is -0.779. The van der Waals surface area contributed by atoms with Crippen LogP contribution in [-0.4, -0.2) is 44.3 Å². The van der Waals surface area contributed by atoms with E-state index in [4.69, 9.17) is 0 Å². The molecule has 202 valence electrons. The maximum atomic E-state index is 13.9. The first kappa shape index (κ1) is 29.4. The van der Waals surface area contributed by atoms with Crippen molar-refractivity contribution in [3.8, 4) is 0 Å². The number of nitrogens with one attached hydrogen (secondary N) is 1. The molecule has 0 aromatic heterocycles. The highest BCUT2D eigenvalue weighted by atomic mass is 79.9. The Labute approximate surface area is 234 Å². The first-order valence-corrected chi connectivity index (χ1v) is 14.7. The van der Waals surface area contributed by atoms with Crippen LogP contribution in [0, 0.1) is 13.8 Å². The zero-order valence-corrected chi connectivity index (χ0v) is 24.6. The summed E-state index contributed by atoms with van der Waals surface area (Å²) in [5, 5.41) is 2.84. The molecule has 0 aliphatic carbocycles. The third-order valence-corrected chi connectivity index (χ3v) is 8.45. The molecular formula is C29H34BrN3O4S. The molecule has 1 N–H and O–H groups in total. The zero-order chi connectivity index (χ0) is 27.9. The molecule has 2 amide bonds. The van der Waals surface area contributed by atoms with E-state index in [1.165, 1.54) is 17.0 Å². The topological polar surface area (TPSA) is 86.8 Å². The Morgan fingerprint density at radius 1 is 0.947 bits per heavy atom. The van der Waals surface area contributed by atoms with E-state index in [2.05, 4.69) is 21.2 Å². The highest BCUT2D eigenvalue weighted by Gasteiger charge is 2.32. The Hall–Kier alpha value is -3.17. The predicted octanol–water partition coefficient (Wildman–Crippen LogP) is 5.20. The molecule has 0 spiro atoms. The molecule has 38 heavy (non-hydrogen) atoms. The Morgan fingerprint density at radius 3 is 2.13 bits per heavy atom. The molecule has 3 aromatic rings. The SMILES string of the molecule is CCCNC(=O)[C@H](C)N(Cc1cccc(Br)c1)C(=O)CN(c1ccc(C)cc1)S(=O)(=O)c1ccc(C)cc1. The van der Waals surface area contributed by atoms with Gasteiger partial charge in [-0.1, -0.05) is 70.4 Å². The number of carbonyl (C=O) groups excluding carboxylic acids is 2. The van der Waals surface area contributed by atoms with Crippen LogP contribution in [0.25, 0.3) is 0 Å². The summed E-state index contributed by atoms with van der Waals surface area (Å²) in [4.78, 5) is 28.3. The molecule has 0 heterocycles. The molecule has 0 saturated carbocycles. The maximum Gasteiger partial charge on any atom is 0.264 e. The minimum atomic E-state index is -4.07. The summed E-state index contributed by atoms with van der Waals surface area (Å²) in [5.41, 5.74) is 3.07. The van der Waals surface area contributed by atoms with Crippen molar-refractivity contribution < 1.29 is 18.0 Å². The minimum absolute atomic E-state index is 0.0868. The normalized spacial score (nSPS) is 12.0. The number of amides is 2. The number of carbonyl (C=O) groups is 2. The lowest BCUT2D eigenvalue weighted by molar-refractivity contribution is -0.139. The van der Waals surface area contributed by atoms with Gasteiger partial charge in [0.1, 0.15) is 12.6 Å². The lowest BCUT2D eigenvalue weighted by Crippen LogP contribution is -2.51. The number of halogens is 1. The van der Waals surface area contributed by atoms with Gasteiger partial charge in [0.25, 0.3) is 10.0 Å². The van der Waals surface area contributed by atoms with Crippen LogP contribution in [0.5, 0.6) is 0 Å². The molecule has 0 saturated heterocycles. The van der Waals surface area contributed by atoms with Crippen molar-refractivity contribution in [2.45, 2.75) is 51.6 Å². The number of sulfonamides is 1. The molecule has 0 unspecified atom stereocenters. The van der Waals surface area contributed by atoms with Gasteiger partial charge in [0.2, 0.25) is 11.8 Å². The quantitative estimate of drug-likeness (QED) is 0.328. The first-order chi connectivity index (χ1) is 18.0. The highest BCUT2D eigenvalue weighted by Crippen LogP contribution is 2.25. The second kappa shape index (κ2) is 13.1. The largest absolute Gasteiger partial charge is 0.354 e. The third-order valence-electron chi connectivity index (χ3n) is 6.17. The summed E-state index contributed by atoms with van der Waals surface area (Å²) in [7, 11) is -4.07. The molecule has 3 aromatic carbocycles. The number of hydrogen-bond acceptors (Lipinski definition) is 4. The van der Waals surface area contributed by atoms with E-state index in [0.717, 1.165) is 31.9 Å². The zero-order valence-electron chi connectivity index (χ0n) is 22.1. The molecule has 7 nitrogen and oxygen atoms in total. The van der Waals surface area contributed by atoms with Crippen molar-refractivity contribution in [2.24, 2.45) is 0 Å². The highest BCUT2D eigenvalue weighted by molar-refractivity contribution is 9.10. The average Bonchev–Trinajstić information content (AvgIpc) is 2.89. The van der Waals surface area contributed by atoms with Gasteiger partial charge in [-0.05, 0) is 69.2 Å². The molecule has 3 rings (SSSR count). The summed E-state index contributed by atoms with van der Waals surface area (Å²) < 4.78 is 29.6. The van der Waals surface area contributed by atoms with Gasteiger partial charge in [-0.25, -0.2) is 8.42 Å². The number of rotatable bonds is 11. The van der Waals surface area contributed by atoms with E-state index in [-0.39, 0.29) is 17.3 Å². The number of benzene rings is 3. The van der Waals surface area contributed by atoms with E-state index in [0.29, 0.717) is 12.2 Å². The first-order valence-electron chi connectivity index (χ1n) is 12.5. The van der Waals surface area contributed by atoms with Crippen molar-refractivity contribution in [1.29, 1.82) is 0 Å². The van der Waals surface area contributed by atoms with Gasteiger partial charge in [-0.2, -0.15) is 0 Å². The Bertz CT molecular complexity index is 1360. The van der Waals surface area contributed by atoms with Crippen molar-refractivity contribution >= 4 is 43.5 Å². The van der Waals surface area contributed by atoms with Crippen molar-refractivity contribution in [1.82, 2.24) is 10.2 Å². The van der Waals surface area contributed by atoms with Crippen molar-refractivity contribution in [2.75, 3.05) is 17.4 Å². The van der Waals surface area contributed by atoms with Crippen LogP contribution >= 0.6 is 15.9 Å². The average molecular weight is 601 g/mol. The van der Waals surface area contributed by atoms with Crippen LogP contribution in [0.2, 0.25) is 0 Å². The summed E-state index contributed by atoms with van der Waals surface area (Å²) in [6, 6.07) is 20.2. The molecular weight excluding hydrogens is 566 g/mol. The summed E-state index contributed by atoms with van der Waals surface area (Å²) in [6.45, 7) is 7.56. The Kier molecular flexibility index (Phi) is 10.1. The molecule has 9 heteroatoms. The Balaban J connectivity index is 2.01. The molecule has 1 atom stereocenters. The smallest absolute Gasteiger partial charge is 0.264 e. The molecule has 0 bridgehead atoms. The number of aryl methyl sites for hydroxylation is 2. The second-order valence-electron chi connectivity index (χ2n) is 9.28. The number of anilines is 1. The van der Waals surface area contributed by atoms with Crippen LogP contribution in [0.3, 0.4) is 0 Å². The number of hydrogen-bond donors (Lipinski definition) is 1. The summed E-state index contributed by atoms with van der Waals surface area (Å²) >= 11 is 3.45. The predicted molar refractivity (Wildman–Crippen MR) is 154 cm³/mol. The number of nitrogens with zero attached hydrogens (tertiary/aromatic N) is 2. The van der Waals surface area contributed by atoms with Gasteiger partial charge >= 0.3 is 0 Å². The monoisotopic (exact) mass is 599 g/mol. The molecule has 0 fully saturated rings. The minimum Gasteiger partial charge on any atom is -0.354 e. The maximum absolute atomic E-state index is 13.9. The Morgan fingerprint density at radius 2 is 1.55 bits per heavy atom. The van der Waals surface area contributed by atoms with Crippen LogP contribution in [0.15, 0.2) is 82.2 Å². The van der Waals surface area contributed by atoms with E-state index in [9.17, 15) is 18.0 Å². The fourth-order valence-electron chi connectivity index (χ4n) is 3.89. The second-order valence-corrected chi connectivity index (χ2v) is 12.1. The molecule has 0 radical (unpaired) electrons. The van der Waals surface area contributed by atoms with E-state index in [1.54, 1.807) is 43.3 Å². The van der Waals surface area contributed by atoms with Crippen LogP contribution in [-0.2, 0) is 26.2 Å². The van der Waals surface area contributed by atoms with Gasteiger partial charge in [0.05, 0.1) is 10.6 Å². The van der Waals surface area contributed by atoms with Crippen molar-refractivity contribution in [3.05, 3.63) is 94.0 Å². The molecule has 0 aliphatic rings. The molecule has 0 aliphatic heterocycles. The summed E-state index contributed by atoms with van der Waals surface area (Å²) in [6.07, 6.45) is 0.758. The fraction of sp³-hybridized carbons (Fsp3) is 0.310. The van der Waals surface area contributed by atoms with Gasteiger partial charge in [-0.15, -0.1) is 0 Å². The van der Waals surface area contributed by atoms with E-state index >= 15 is 0 Å². The van der Waals surface area contributed by atoms with E-state index < -0.39 is 28.5 Å². The van der Waals surface area contributed by atoms with Crippen molar-refractivity contribution in [3.63, 3.8) is 0 Å². The lowest BCUT2D eigenvalue weighted by Gasteiger charge is -2.32. The third kappa shape index (κ3) is 7.45. The van der Waals surface area contributed by atoms with Gasteiger partial charge in [0.15, 0.2) is 0 Å².